The maximum absolute atomic E-state index is 12.6. The lowest BCUT2D eigenvalue weighted by Crippen LogP contribution is -2.48. The molecular weight excluding hydrogens is 469 g/mol. The summed E-state index contributed by atoms with van der Waals surface area (Å²) in [6.07, 6.45) is 1.42. The Morgan fingerprint density at radius 2 is 1.88 bits per heavy atom. The number of esters is 1. The lowest BCUT2D eigenvalue weighted by Gasteiger charge is -2.20. The molecule has 0 aliphatic carbocycles. The Balaban J connectivity index is 1.98. The first-order valence-corrected chi connectivity index (χ1v) is 10.9. The molecule has 1 unspecified atom stereocenters. The smallest absolute Gasteiger partial charge is 0.344 e. The van der Waals surface area contributed by atoms with Gasteiger partial charge in [-0.25, -0.2) is 10.2 Å². The van der Waals surface area contributed by atoms with Crippen molar-refractivity contribution in [2.24, 2.45) is 11.0 Å². The number of carbonyl (C=O) groups is 3. The molecule has 0 bridgehead atoms. The second-order valence-electron chi connectivity index (χ2n) is 7.22. The van der Waals surface area contributed by atoms with Crippen molar-refractivity contribution in [3.8, 4) is 5.75 Å². The van der Waals surface area contributed by atoms with Crippen LogP contribution >= 0.6 is 23.2 Å². The van der Waals surface area contributed by atoms with Crippen molar-refractivity contribution in [1.29, 1.82) is 0 Å². The minimum Gasteiger partial charge on any atom is -0.482 e. The molecule has 10 heteroatoms. The van der Waals surface area contributed by atoms with Crippen molar-refractivity contribution in [2.75, 3.05) is 13.2 Å². The maximum atomic E-state index is 12.6. The van der Waals surface area contributed by atoms with Gasteiger partial charge in [0, 0.05) is 5.02 Å². The number of rotatable bonds is 10. The maximum Gasteiger partial charge on any atom is 0.344 e. The zero-order valence-corrected chi connectivity index (χ0v) is 19.9. The van der Waals surface area contributed by atoms with E-state index in [0.29, 0.717) is 16.3 Å². The molecule has 2 aromatic rings. The van der Waals surface area contributed by atoms with Gasteiger partial charge >= 0.3 is 5.97 Å². The highest BCUT2D eigenvalue weighted by atomic mass is 35.5. The fourth-order valence-corrected chi connectivity index (χ4v) is 3.19. The summed E-state index contributed by atoms with van der Waals surface area (Å²) in [6, 6.07) is 10.4. The van der Waals surface area contributed by atoms with Gasteiger partial charge in [-0.3, -0.25) is 9.59 Å². The number of hydrazone groups is 1. The molecule has 2 amide bonds. The van der Waals surface area contributed by atoms with Crippen molar-refractivity contribution in [2.45, 2.75) is 26.8 Å². The largest absolute Gasteiger partial charge is 0.482 e. The van der Waals surface area contributed by atoms with Crippen LogP contribution in [0.25, 0.3) is 0 Å². The number of halogens is 2. The molecule has 176 valence electrons. The standard InChI is InChI=1S/C23H25Cl2N3O5/c1-4-32-20(29)13-33-17-7-5-6-15(10-17)12-26-28-23(31)21(14(2)3)27-22(30)18-9-8-16(24)11-19(18)25/h5-12,14,21H,4,13H2,1-3H3,(H,27,30)(H,28,31)/b26-12+. The van der Waals surface area contributed by atoms with Crippen LogP contribution in [0.3, 0.4) is 0 Å². The molecule has 0 fully saturated rings. The molecular formula is C23H25Cl2N3O5. The van der Waals surface area contributed by atoms with E-state index >= 15 is 0 Å². The second kappa shape index (κ2) is 12.8. The third kappa shape index (κ3) is 8.40. The molecule has 33 heavy (non-hydrogen) atoms. The van der Waals surface area contributed by atoms with Crippen LogP contribution in [0.2, 0.25) is 10.0 Å². The summed E-state index contributed by atoms with van der Waals surface area (Å²) in [4.78, 5) is 36.6. The average Bonchev–Trinajstić information content (AvgIpc) is 2.76. The van der Waals surface area contributed by atoms with Crippen LogP contribution in [-0.4, -0.2) is 43.3 Å². The third-order valence-corrected chi connectivity index (χ3v) is 4.87. The average molecular weight is 494 g/mol. The van der Waals surface area contributed by atoms with Crippen molar-refractivity contribution in [1.82, 2.24) is 10.7 Å². The van der Waals surface area contributed by atoms with E-state index in [-0.39, 0.29) is 29.7 Å². The van der Waals surface area contributed by atoms with Crippen LogP contribution < -0.4 is 15.5 Å². The van der Waals surface area contributed by atoms with E-state index in [1.807, 2.05) is 0 Å². The summed E-state index contributed by atoms with van der Waals surface area (Å²) in [5.74, 6) is -1.22. The first-order valence-electron chi connectivity index (χ1n) is 10.2. The Morgan fingerprint density at radius 1 is 1.12 bits per heavy atom. The van der Waals surface area contributed by atoms with Crippen molar-refractivity contribution in [3.63, 3.8) is 0 Å². The summed E-state index contributed by atoms with van der Waals surface area (Å²) in [5, 5.41) is 7.21. The summed E-state index contributed by atoms with van der Waals surface area (Å²) in [6.45, 7) is 5.37. The minimum absolute atomic E-state index is 0.186. The Bertz CT molecular complexity index is 1030. The predicted molar refractivity (Wildman–Crippen MR) is 127 cm³/mol. The lowest BCUT2D eigenvalue weighted by molar-refractivity contribution is -0.145. The number of nitrogens with one attached hydrogen (secondary N) is 2. The summed E-state index contributed by atoms with van der Waals surface area (Å²) >= 11 is 11.9. The van der Waals surface area contributed by atoms with E-state index in [2.05, 4.69) is 15.8 Å². The number of benzene rings is 2. The number of nitrogens with zero attached hydrogens (tertiary/aromatic N) is 1. The highest BCUT2D eigenvalue weighted by molar-refractivity contribution is 6.36. The van der Waals surface area contributed by atoms with Gasteiger partial charge in [-0.15, -0.1) is 0 Å². The number of amides is 2. The van der Waals surface area contributed by atoms with Gasteiger partial charge in [0.25, 0.3) is 11.8 Å². The molecule has 0 aromatic heterocycles. The molecule has 0 saturated heterocycles. The fourth-order valence-electron chi connectivity index (χ4n) is 2.70. The Morgan fingerprint density at radius 3 is 2.55 bits per heavy atom. The highest BCUT2D eigenvalue weighted by Crippen LogP contribution is 2.21. The van der Waals surface area contributed by atoms with Crippen LogP contribution in [0.15, 0.2) is 47.6 Å². The summed E-state index contributed by atoms with van der Waals surface area (Å²) in [5.41, 5.74) is 3.27. The van der Waals surface area contributed by atoms with E-state index in [4.69, 9.17) is 32.7 Å². The van der Waals surface area contributed by atoms with Gasteiger partial charge in [-0.1, -0.05) is 49.2 Å². The normalized spacial score (nSPS) is 11.8. The van der Waals surface area contributed by atoms with Gasteiger partial charge in [-0.2, -0.15) is 5.10 Å². The van der Waals surface area contributed by atoms with Gasteiger partial charge in [-0.05, 0) is 48.7 Å². The van der Waals surface area contributed by atoms with E-state index in [1.54, 1.807) is 51.1 Å². The molecule has 0 radical (unpaired) electrons. The monoisotopic (exact) mass is 493 g/mol. The zero-order chi connectivity index (χ0) is 24.4. The summed E-state index contributed by atoms with van der Waals surface area (Å²) < 4.78 is 10.2. The SMILES string of the molecule is CCOC(=O)COc1cccc(/C=N/NC(=O)C(NC(=O)c2ccc(Cl)cc2Cl)C(C)C)c1. The second-order valence-corrected chi connectivity index (χ2v) is 8.06. The Hall–Kier alpha value is -3.10. The number of hydrogen-bond acceptors (Lipinski definition) is 6. The first kappa shape index (κ1) is 26.2. The van der Waals surface area contributed by atoms with E-state index in [1.165, 1.54) is 18.3 Å². The van der Waals surface area contributed by atoms with Gasteiger partial charge in [0.2, 0.25) is 0 Å². The van der Waals surface area contributed by atoms with Crippen LogP contribution in [-0.2, 0) is 14.3 Å². The molecule has 1 atom stereocenters. The van der Waals surface area contributed by atoms with E-state index < -0.39 is 23.8 Å². The van der Waals surface area contributed by atoms with Gasteiger partial charge in [0.1, 0.15) is 11.8 Å². The fraction of sp³-hybridized carbons (Fsp3) is 0.304. The molecule has 2 aromatic carbocycles. The van der Waals surface area contributed by atoms with Gasteiger partial charge in [0.05, 0.1) is 23.4 Å². The highest BCUT2D eigenvalue weighted by Gasteiger charge is 2.25. The number of hydrogen-bond donors (Lipinski definition) is 2. The minimum atomic E-state index is -0.847. The number of carbonyl (C=O) groups excluding carboxylic acids is 3. The van der Waals surface area contributed by atoms with Gasteiger partial charge in [0.15, 0.2) is 6.61 Å². The van der Waals surface area contributed by atoms with E-state index in [0.717, 1.165) is 0 Å². The molecule has 0 heterocycles. The lowest BCUT2D eigenvalue weighted by atomic mass is 10.0. The van der Waals surface area contributed by atoms with Crippen LogP contribution in [0, 0.1) is 5.92 Å². The van der Waals surface area contributed by atoms with E-state index in [9.17, 15) is 14.4 Å². The predicted octanol–water partition coefficient (Wildman–Crippen LogP) is 3.84. The summed E-state index contributed by atoms with van der Waals surface area (Å²) in [7, 11) is 0. The quantitative estimate of drug-likeness (QED) is 0.297. The van der Waals surface area contributed by atoms with Crippen LogP contribution in [0.5, 0.6) is 5.75 Å². The van der Waals surface area contributed by atoms with Crippen molar-refractivity contribution in [3.05, 3.63) is 63.6 Å². The molecule has 0 aliphatic heterocycles. The molecule has 0 aliphatic rings. The Kier molecular flexibility index (Phi) is 10.2. The number of ether oxygens (including phenoxy) is 2. The molecule has 0 spiro atoms. The zero-order valence-electron chi connectivity index (χ0n) is 18.4. The topological polar surface area (TPSA) is 106 Å². The molecule has 0 saturated carbocycles. The molecule has 2 N–H and O–H groups in total. The van der Waals surface area contributed by atoms with Crippen LogP contribution in [0.1, 0.15) is 36.7 Å². The van der Waals surface area contributed by atoms with Crippen molar-refractivity contribution < 1.29 is 23.9 Å². The van der Waals surface area contributed by atoms with Gasteiger partial charge < -0.3 is 14.8 Å². The Labute approximate surface area is 202 Å². The third-order valence-electron chi connectivity index (χ3n) is 4.32. The molecule has 8 nitrogen and oxygen atoms in total. The first-order chi connectivity index (χ1) is 15.7. The van der Waals surface area contributed by atoms with Crippen molar-refractivity contribution >= 4 is 47.2 Å². The molecule has 2 rings (SSSR count). The van der Waals surface area contributed by atoms with Crippen LogP contribution in [0.4, 0.5) is 0 Å².